The predicted octanol–water partition coefficient (Wildman–Crippen LogP) is 1.71. The molecular weight excluding hydrogens is 262 g/mol. The Kier molecular flexibility index (Phi) is 3.08. The first-order chi connectivity index (χ1) is 9.26. The second-order valence-corrected chi connectivity index (χ2v) is 5.28. The molecular formula is C11H13N7S. The van der Waals surface area contributed by atoms with E-state index < -0.39 is 0 Å². The molecule has 0 saturated carbocycles. The first-order valence-corrected chi connectivity index (χ1v) is 6.84. The number of anilines is 1. The van der Waals surface area contributed by atoms with Crippen LogP contribution in [0.1, 0.15) is 29.8 Å². The van der Waals surface area contributed by atoms with Gasteiger partial charge in [0.15, 0.2) is 5.65 Å². The Morgan fingerprint density at radius 1 is 1.42 bits per heavy atom. The monoisotopic (exact) mass is 275 g/mol. The van der Waals surface area contributed by atoms with Gasteiger partial charge in [0.05, 0.1) is 6.04 Å². The van der Waals surface area contributed by atoms with Gasteiger partial charge in [-0.1, -0.05) is 6.92 Å². The number of fused-ring (bicyclic) bond motifs is 1. The van der Waals surface area contributed by atoms with Crippen molar-refractivity contribution >= 4 is 22.8 Å². The molecule has 98 valence electrons. The zero-order chi connectivity index (χ0) is 13.2. The molecule has 0 aliphatic rings. The Morgan fingerprint density at radius 3 is 3.11 bits per heavy atom. The van der Waals surface area contributed by atoms with Crippen LogP contribution in [-0.2, 0) is 6.42 Å². The molecule has 3 aromatic rings. The van der Waals surface area contributed by atoms with Gasteiger partial charge in [0.1, 0.15) is 10.8 Å². The van der Waals surface area contributed by atoms with Crippen molar-refractivity contribution in [2.75, 3.05) is 5.32 Å². The Bertz CT molecular complexity index is 689. The van der Waals surface area contributed by atoms with Crippen LogP contribution < -0.4 is 5.32 Å². The van der Waals surface area contributed by atoms with E-state index in [1.165, 1.54) is 9.51 Å². The molecule has 0 fully saturated rings. The van der Waals surface area contributed by atoms with E-state index in [0.29, 0.717) is 5.65 Å². The van der Waals surface area contributed by atoms with Crippen molar-refractivity contribution < 1.29 is 0 Å². The average Bonchev–Trinajstić information content (AvgIpc) is 3.06. The summed E-state index contributed by atoms with van der Waals surface area (Å²) in [5.74, 6) is 0.723. The van der Waals surface area contributed by atoms with Crippen LogP contribution in [0.25, 0.3) is 5.65 Å². The minimum absolute atomic E-state index is 0.103. The Balaban J connectivity index is 1.79. The fourth-order valence-corrected chi connectivity index (χ4v) is 2.56. The fourth-order valence-electron chi connectivity index (χ4n) is 1.70. The fraction of sp³-hybridized carbons (Fsp3) is 0.364. The van der Waals surface area contributed by atoms with E-state index in [0.717, 1.165) is 17.2 Å². The number of tetrazole rings is 1. The average molecular weight is 275 g/mol. The van der Waals surface area contributed by atoms with Crippen molar-refractivity contribution in [3.63, 3.8) is 0 Å². The predicted molar refractivity (Wildman–Crippen MR) is 72.1 cm³/mol. The first kappa shape index (κ1) is 12.0. The van der Waals surface area contributed by atoms with Crippen molar-refractivity contribution in [1.82, 2.24) is 30.2 Å². The lowest BCUT2D eigenvalue weighted by molar-refractivity contribution is 0.727. The summed E-state index contributed by atoms with van der Waals surface area (Å²) in [5.41, 5.74) is 0.626. The van der Waals surface area contributed by atoms with E-state index in [2.05, 4.69) is 44.8 Å². The summed E-state index contributed by atoms with van der Waals surface area (Å²) < 4.78 is 1.40. The molecule has 7 nitrogen and oxygen atoms in total. The summed E-state index contributed by atoms with van der Waals surface area (Å²) in [4.78, 5) is 5.70. The summed E-state index contributed by atoms with van der Waals surface area (Å²) >= 11 is 1.72. The highest BCUT2D eigenvalue weighted by Crippen LogP contribution is 2.23. The number of nitrogens with zero attached hydrogens (tertiary/aromatic N) is 6. The lowest BCUT2D eigenvalue weighted by atomic mass is 10.3. The highest BCUT2D eigenvalue weighted by molar-refractivity contribution is 7.11. The zero-order valence-corrected chi connectivity index (χ0v) is 11.4. The van der Waals surface area contributed by atoms with Gasteiger partial charge in [-0.3, -0.25) is 0 Å². The molecule has 19 heavy (non-hydrogen) atoms. The highest BCUT2D eigenvalue weighted by atomic mass is 32.1. The quantitative estimate of drug-likeness (QED) is 0.780. The maximum Gasteiger partial charge on any atom is 0.200 e. The summed E-state index contributed by atoms with van der Waals surface area (Å²) in [6.07, 6.45) is 2.94. The van der Waals surface area contributed by atoms with E-state index in [4.69, 9.17) is 0 Å². The molecule has 3 aromatic heterocycles. The van der Waals surface area contributed by atoms with Crippen LogP contribution in [0.4, 0.5) is 5.82 Å². The van der Waals surface area contributed by atoms with E-state index >= 15 is 0 Å². The van der Waals surface area contributed by atoms with E-state index in [1.807, 2.05) is 18.3 Å². The molecule has 0 aromatic carbocycles. The van der Waals surface area contributed by atoms with Crippen LogP contribution in [0.3, 0.4) is 0 Å². The molecule has 3 rings (SSSR count). The van der Waals surface area contributed by atoms with Crippen molar-refractivity contribution in [2.24, 2.45) is 0 Å². The zero-order valence-electron chi connectivity index (χ0n) is 10.6. The van der Waals surface area contributed by atoms with Gasteiger partial charge in [0.2, 0.25) is 0 Å². The molecule has 3 heterocycles. The molecule has 0 radical (unpaired) electrons. The normalized spacial score (nSPS) is 12.7. The van der Waals surface area contributed by atoms with Gasteiger partial charge in [-0.25, -0.2) is 4.98 Å². The number of hydrogen-bond acceptors (Lipinski definition) is 7. The maximum atomic E-state index is 4.42. The lowest BCUT2D eigenvalue weighted by Gasteiger charge is -2.11. The van der Waals surface area contributed by atoms with Crippen LogP contribution in [0.5, 0.6) is 0 Å². The SMILES string of the molecule is CCc1cnc(C(C)Nc2ccc3nnnn3n2)s1. The minimum Gasteiger partial charge on any atom is -0.360 e. The van der Waals surface area contributed by atoms with Crippen molar-refractivity contribution in [2.45, 2.75) is 26.3 Å². The summed E-state index contributed by atoms with van der Waals surface area (Å²) in [6, 6.07) is 3.78. The molecule has 8 heteroatoms. The van der Waals surface area contributed by atoms with Gasteiger partial charge >= 0.3 is 0 Å². The lowest BCUT2D eigenvalue weighted by Crippen LogP contribution is -2.09. The smallest absolute Gasteiger partial charge is 0.200 e. The third-order valence-corrected chi connectivity index (χ3v) is 4.05. The Hall–Kier alpha value is -2.09. The van der Waals surface area contributed by atoms with Crippen LogP contribution in [-0.4, -0.2) is 30.2 Å². The van der Waals surface area contributed by atoms with Crippen LogP contribution in [0, 0.1) is 0 Å². The van der Waals surface area contributed by atoms with E-state index in [-0.39, 0.29) is 6.04 Å². The van der Waals surface area contributed by atoms with E-state index in [1.54, 1.807) is 11.3 Å². The summed E-state index contributed by atoms with van der Waals surface area (Å²) in [6.45, 7) is 4.19. The molecule has 1 unspecified atom stereocenters. The second kappa shape index (κ2) is 4.88. The number of rotatable bonds is 4. The molecule has 1 atom stereocenters. The minimum atomic E-state index is 0.103. The molecule has 0 aliphatic heterocycles. The maximum absolute atomic E-state index is 4.42. The molecule has 1 N–H and O–H groups in total. The van der Waals surface area contributed by atoms with Crippen molar-refractivity contribution in [1.29, 1.82) is 0 Å². The Morgan fingerprint density at radius 2 is 2.32 bits per heavy atom. The standard InChI is InChI=1S/C11H13N7S/c1-3-8-6-12-11(19-8)7(2)13-9-4-5-10-14-16-17-18(10)15-9/h4-7H,3H2,1-2H3,(H,13,15). The molecule has 0 bridgehead atoms. The number of aryl methyl sites for hydroxylation is 1. The summed E-state index contributed by atoms with van der Waals surface area (Å²) in [5, 5.41) is 19.8. The van der Waals surface area contributed by atoms with Gasteiger partial charge in [0, 0.05) is 11.1 Å². The third-order valence-electron chi connectivity index (χ3n) is 2.72. The molecule has 0 aliphatic carbocycles. The molecule has 0 spiro atoms. The van der Waals surface area contributed by atoms with Crippen LogP contribution in [0.2, 0.25) is 0 Å². The highest BCUT2D eigenvalue weighted by Gasteiger charge is 2.11. The van der Waals surface area contributed by atoms with Crippen LogP contribution >= 0.6 is 11.3 Å². The first-order valence-electron chi connectivity index (χ1n) is 6.03. The molecule has 0 saturated heterocycles. The molecule has 0 amide bonds. The third kappa shape index (κ3) is 2.39. The number of aromatic nitrogens is 6. The largest absolute Gasteiger partial charge is 0.360 e. The Labute approximate surface area is 113 Å². The van der Waals surface area contributed by atoms with E-state index in [9.17, 15) is 0 Å². The van der Waals surface area contributed by atoms with Gasteiger partial charge < -0.3 is 5.32 Å². The van der Waals surface area contributed by atoms with Crippen molar-refractivity contribution in [3.8, 4) is 0 Å². The van der Waals surface area contributed by atoms with Crippen molar-refractivity contribution in [3.05, 3.63) is 28.2 Å². The number of hydrogen-bond donors (Lipinski definition) is 1. The number of nitrogens with one attached hydrogen (secondary N) is 1. The van der Waals surface area contributed by atoms with Gasteiger partial charge in [-0.05, 0) is 35.9 Å². The van der Waals surface area contributed by atoms with Gasteiger partial charge in [0.25, 0.3) is 0 Å². The van der Waals surface area contributed by atoms with Gasteiger partial charge in [-0.2, -0.15) is 0 Å². The second-order valence-electron chi connectivity index (χ2n) is 4.13. The number of thiazole rings is 1. The van der Waals surface area contributed by atoms with Gasteiger partial charge in [-0.15, -0.1) is 26.2 Å². The van der Waals surface area contributed by atoms with Crippen LogP contribution in [0.15, 0.2) is 18.3 Å². The topological polar surface area (TPSA) is 80.9 Å². The summed E-state index contributed by atoms with van der Waals surface area (Å²) in [7, 11) is 0.